The van der Waals surface area contributed by atoms with Crippen molar-refractivity contribution >= 4 is 23.9 Å². The fraction of sp³-hybridized carbons (Fsp3) is 0.571. The summed E-state index contributed by atoms with van der Waals surface area (Å²) in [5.74, 6) is -2.28. The van der Waals surface area contributed by atoms with Gasteiger partial charge in [0.25, 0.3) is 0 Å². The van der Waals surface area contributed by atoms with Crippen molar-refractivity contribution in [2.24, 2.45) is 5.92 Å². The molecule has 37 heavy (non-hydrogen) atoms. The van der Waals surface area contributed by atoms with Crippen molar-refractivity contribution < 1.29 is 29.0 Å². The summed E-state index contributed by atoms with van der Waals surface area (Å²) in [6.45, 7) is 1.16. The molecule has 1 aliphatic rings. The average molecular weight is 516 g/mol. The van der Waals surface area contributed by atoms with Crippen LogP contribution in [0, 0.1) is 5.92 Å². The maximum absolute atomic E-state index is 13.1. The molecule has 0 radical (unpaired) electrons. The third-order valence-corrected chi connectivity index (χ3v) is 6.39. The summed E-state index contributed by atoms with van der Waals surface area (Å²) in [6, 6.07) is 8.67. The molecule has 9 heteroatoms. The Hall–Kier alpha value is -3.36. The highest BCUT2D eigenvalue weighted by atomic mass is 16.5. The molecular weight excluding hydrogens is 474 g/mol. The van der Waals surface area contributed by atoms with E-state index >= 15 is 0 Å². The Morgan fingerprint density at radius 3 is 2.54 bits per heavy atom. The highest BCUT2D eigenvalue weighted by Crippen LogP contribution is 2.16. The topological polar surface area (TPSA) is 125 Å². The van der Waals surface area contributed by atoms with E-state index in [1.165, 1.54) is 0 Å². The van der Waals surface area contributed by atoms with Gasteiger partial charge in [-0.05, 0) is 63.4 Å². The summed E-state index contributed by atoms with van der Waals surface area (Å²) in [7, 11) is 1.73. The molecule has 9 nitrogen and oxygen atoms in total. The molecule has 0 bridgehead atoms. The first kappa shape index (κ1) is 29.9. The van der Waals surface area contributed by atoms with E-state index in [0.717, 1.165) is 31.2 Å². The molecule has 2 atom stereocenters. The van der Waals surface area contributed by atoms with Gasteiger partial charge in [0.05, 0.1) is 6.42 Å². The lowest BCUT2D eigenvalue weighted by molar-refractivity contribution is -0.142. The van der Waals surface area contributed by atoms with Crippen molar-refractivity contribution in [3.8, 4) is 0 Å². The lowest BCUT2D eigenvalue weighted by Gasteiger charge is -2.26. The lowest BCUT2D eigenvalue weighted by Crippen LogP contribution is -2.49. The number of amides is 3. The number of aliphatic carboxylic acids is 1. The zero-order valence-corrected chi connectivity index (χ0v) is 21.8. The molecule has 0 spiro atoms. The van der Waals surface area contributed by atoms with Crippen molar-refractivity contribution in [1.82, 2.24) is 15.5 Å². The molecule has 0 aliphatic carbocycles. The molecule has 1 heterocycles. The van der Waals surface area contributed by atoms with Gasteiger partial charge in [-0.2, -0.15) is 0 Å². The van der Waals surface area contributed by atoms with Crippen molar-refractivity contribution in [1.29, 1.82) is 0 Å². The monoisotopic (exact) mass is 515 g/mol. The van der Waals surface area contributed by atoms with Gasteiger partial charge in [0.2, 0.25) is 11.8 Å². The minimum atomic E-state index is -1.03. The highest BCUT2D eigenvalue weighted by molar-refractivity contribution is 5.89. The summed E-state index contributed by atoms with van der Waals surface area (Å²) in [5, 5.41) is 14.8. The zero-order chi connectivity index (χ0) is 26.9. The molecule has 204 valence electrons. The number of rotatable bonds is 9. The van der Waals surface area contributed by atoms with Crippen molar-refractivity contribution in [2.75, 3.05) is 20.1 Å². The van der Waals surface area contributed by atoms with Crippen LogP contribution < -0.4 is 10.6 Å². The molecule has 0 fully saturated rings. The Bertz CT molecular complexity index is 889. The first-order valence-corrected chi connectivity index (χ1v) is 13.2. The Morgan fingerprint density at radius 1 is 1.08 bits per heavy atom. The van der Waals surface area contributed by atoms with Gasteiger partial charge in [0.1, 0.15) is 12.6 Å². The normalized spacial score (nSPS) is 19.9. The average Bonchev–Trinajstić information content (AvgIpc) is 2.88. The summed E-state index contributed by atoms with van der Waals surface area (Å²) < 4.78 is 5.20. The zero-order valence-electron chi connectivity index (χ0n) is 21.8. The van der Waals surface area contributed by atoms with Gasteiger partial charge in [0.15, 0.2) is 0 Å². The maximum Gasteiger partial charge on any atom is 0.407 e. The summed E-state index contributed by atoms with van der Waals surface area (Å²) in [6.07, 6.45) is 9.76. The number of ether oxygens (including phenoxy) is 1. The van der Waals surface area contributed by atoms with Crippen LogP contribution in [0.5, 0.6) is 0 Å². The van der Waals surface area contributed by atoms with E-state index in [2.05, 4.69) is 22.8 Å². The van der Waals surface area contributed by atoms with E-state index in [1.54, 1.807) is 11.9 Å². The molecular formula is C28H41N3O6. The third-order valence-electron chi connectivity index (χ3n) is 6.39. The minimum Gasteiger partial charge on any atom is -0.481 e. The number of alkyl carbamates (subject to hydrolysis) is 1. The van der Waals surface area contributed by atoms with E-state index in [9.17, 15) is 24.3 Å². The van der Waals surface area contributed by atoms with E-state index in [4.69, 9.17) is 4.74 Å². The molecule has 1 aromatic carbocycles. The number of hydrogen-bond donors (Lipinski definition) is 3. The van der Waals surface area contributed by atoms with Crippen molar-refractivity contribution in [2.45, 2.75) is 76.9 Å². The largest absolute Gasteiger partial charge is 0.481 e. The fourth-order valence-corrected chi connectivity index (χ4v) is 4.23. The van der Waals surface area contributed by atoms with Crippen LogP contribution in [0.3, 0.4) is 0 Å². The Balaban J connectivity index is 1.89. The molecule has 0 aromatic heterocycles. The number of carboxylic acid groups (broad SMARTS) is 1. The van der Waals surface area contributed by atoms with Gasteiger partial charge >= 0.3 is 12.1 Å². The molecule has 3 amide bonds. The van der Waals surface area contributed by atoms with Crippen molar-refractivity contribution in [3.63, 3.8) is 0 Å². The number of hydrogen-bond acceptors (Lipinski definition) is 5. The van der Waals surface area contributed by atoms with Crippen LogP contribution in [0.1, 0.15) is 69.8 Å². The van der Waals surface area contributed by atoms with Gasteiger partial charge in [-0.3, -0.25) is 14.4 Å². The first-order chi connectivity index (χ1) is 17.9. The smallest absolute Gasteiger partial charge is 0.407 e. The van der Waals surface area contributed by atoms with E-state index in [1.807, 2.05) is 30.3 Å². The molecule has 0 saturated heterocycles. The fourth-order valence-electron chi connectivity index (χ4n) is 4.23. The number of nitrogens with one attached hydrogen (secondary N) is 2. The Kier molecular flexibility index (Phi) is 13.9. The predicted molar refractivity (Wildman–Crippen MR) is 141 cm³/mol. The van der Waals surface area contributed by atoms with Crippen LogP contribution in [0.4, 0.5) is 4.79 Å². The van der Waals surface area contributed by atoms with Crippen LogP contribution in [0.2, 0.25) is 0 Å². The first-order valence-electron chi connectivity index (χ1n) is 13.2. The highest BCUT2D eigenvalue weighted by Gasteiger charge is 2.28. The molecule has 1 aliphatic heterocycles. The van der Waals surface area contributed by atoms with Gasteiger partial charge in [-0.15, -0.1) is 0 Å². The van der Waals surface area contributed by atoms with Crippen LogP contribution in [-0.4, -0.2) is 60.1 Å². The van der Waals surface area contributed by atoms with Crippen LogP contribution in [0.15, 0.2) is 42.5 Å². The van der Waals surface area contributed by atoms with Gasteiger partial charge in [-0.1, -0.05) is 42.5 Å². The lowest BCUT2D eigenvalue weighted by atomic mass is 9.96. The van der Waals surface area contributed by atoms with Gasteiger partial charge in [0, 0.05) is 26.1 Å². The molecule has 0 unspecified atom stereocenters. The number of allylic oxidation sites excluding steroid dienone is 2. The number of unbranched alkanes of at least 4 members (excludes halogenated alkanes) is 1. The van der Waals surface area contributed by atoms with Crippen molar-refractivity contribution in [3.05, 3.63) is 48.0 Å². The molecule has 3 N–H and O–H groups in total. The molecule has 0 saturated carbocycles. The quantitative estimate of drug-likeness (QED) is 0.337. The minimum absolute atomic E-state index is 0.178. The number of carbonyl (C=O) groups is 4. The number of benzene rings is 1. The second-order valence-electron chi connectivity index (χ2n) is 9.50. The van der Waals surface area contributed by atoms with E-state index in [0.29, 0.717) is 45.2 Å². The van der Waals surface area contributed by atoms with Gasteiger partial charge < -0.3 is 25.4 Å². The van der Waals surface area contributed by atoms with Gasteiger partial charge in [-0.25, -0.2) is 4.79 Å². The summed E-state index contributed by atoms with van der Waals surface area (Å²) in [4.78, 5) is 51.0. The second-order valence-corrected chi connectivity index (χ2v) is 9.50. The molecule has 2 rings (SSSR count). The molecule has 1 aromatic rings. The standard InChI is InChI=1S/C28H41N3O6/c1-31-19-13-6-4-2-3-5-10-16-23(20-25(32)33)26(34)30-24(27(31)35)17-11-12-18-29-28(36)37-21-22-14-8-7-9-15-22/h2-3,7-9,14-15,23-24H,4-6,10-13,16-21H2,1H3,(H,29,36)(H,30,34)(H,32,33)/t23-,24+/m1/s1. The summed E-state index contributed by atoms with van der Waals surface area (Å²) >= 11 is 0. The Labute approximate surface area is 219 Å². The van der Waals surface area contributed by atoms with E-state index < -0.39 is 29.9 Å². The van der Waals surface area contributed by atoms with Crippen LogP contribution in [0.25, 0.3) is 0 Å². The number of carboxylic acids is 1. The summed E-state index contributed by atoms with van der Waals surface area (Å²) in [5.41, 5.74) is 0.901. The maximum atomic E-state index is 13.1. The number of nitrogens with zero attached hydrogens (tertiary/aromatic N) is 1. The Morgan fingerprint density at radius 2 is 1.81 bits per heavy atom. The van der Waals surface area contributed by atoms with E-state index in [-0.39, 0.29) is 18.9 Å². The number of carbonyl (C=O) groups excluding carboxylic acids is 3. The second kappa shape index (κ2) is 17.2. The SMILES string of the molecule is CN1CCCCC=CCCC[C@H](CC(=O)O)C(=O)N[C@@H](CCCCNC(=O)OCc2ccccc2)C1=O. The van der Waals surface area contributed by atoms with Crippen LogP contribution in [-0.2, 0) is 25.7 Å². The predicted octanol–water partition coefficient (Wildman–Crippen LogP) is 4.03. The van der Waals surface area contributed by atoms with Crippen LogP contribution >= 0.6 is 0 Å². The third kappa shape index (κ3) is 12.4. The number of likely N-dealkylation sites (N-methyl/N-ethyl adjacent to an activating group) is 1.